The van der Waals surface area contributed by atoms with E-state index in [-0.39, 0.29) is 15.6 Å². The van der Waals surface area contributed by atoms with Gasteiger partial charge in [-0.25, -0.2) is 0 Å². The van der Waals surface area contributed by atoms with E-state index in [0.29, 0.717) is 0 Å². The summed E-state index contributed by atoms with van der Waals surface area (Å²) in [6.07, 6.45) is 0. The first-order valence-electron chi connectivity index (χ1n) is 3.70. The van der Waals surface area contributed by atoms with E-state index < -0.39 is 10.1 Å². The van der Waals surface area contributed by atoms with E-state index in [1.54, 1.807) is 18.2 Å². The lowest BCUT2D eigenvalue weighted by molar-refractivity contribution is -0.117. The molecule has 0 spiro atoms. The van der Waals surface area contributed by atoms with Gasteiger partial charge in [-0.3, -0.25) is 4.79 Å². The fourth-order valence-electron chi connectivity index (χ4n) is 0.974. The highest BCUT2D eigenvalue weighted by Gasteiger charge is 2.36. The normalized spacial score (nSPS) is 11.5. The van der Waals surface area contributed by atoms with Crippen molar-refractivity contribution in [3.05, 3.63) is 33.8 Å². The van der Waals surface area contributed by atoms with Crippen LogP contribution in [0.15, 0.2) is 18.2 Å². The molecule has 0 aliphatic heterocycles. The Morgan fingerprint density at radius 1 is 1.21 bits per heavy atom. The highest BCUT2D eigenvalue weighted by atomic mass is 35.5. The van der Waals surface area contributed by atoms with Gasteiger partial charge in [0.25, 0.3) is 0 Å². The minimum absolute atomic E-state index is 0.235. The maximum absolute atomic E-state index is 11.2. The Morgan fingerprint density at radius 3 is 2.00 bits per heavy atom. The first-order valence-corrected chi connectivity index (χ1v) is 5.22. The van der Waals surface area contributed by atoms with Gasteiger partial charge < -0.3 is 0 Å². The summed E-state index contributed by atoms with van der Waals surface area (Å²) in [4.78, 5) is 11.2. The van der Waals surface area contributed by atoms with Crippen LogP contribution in [0.2, 0.25) is 10.0 Å². The number of carbonyl (C=O) groups is 1. The van der Waals surface area contributed by atoms with Crippen molar-refractivity contribution in [3.8, 4) is 0 Å². The number of halogens is 4. The third kappa shape index (κ3) is 2.17. The number of rotatable bonds is 2. The topological polar surface area (TPSA) is 17.1 Å². The maximum Gasteiger partial charge on any atom is 0.203 e. The van der Waals surface area contributed by atoms with Crippen molar-refractivity contribution < 1.29 is 4.79 Å². The van der Waals surface area contributed by atoms with Gasteiger partial charge in [0.1, 0.15) is 0 Å². The molecule has 0 aliphatic rings. The quantitative estimate of drug-likeness (QED) is 0.737. The van der Waals surface area contributed by atoms with Crippen LogP contribution in [0.5, 0.6) is 0 Å². The Balaban J connectivity index is 3.38. The molecule has 0 saturated carbocycles. The van der Waals surface area contributed by atoms with Crippen LogP contribution in [0.4, 0.5) is 0 Å². The number of Topliss-reactive ketones (excluding diaryl/α,β-unsaturated/α-hetero) is 1. The molecule has 14 heavy (non-hydrogen) atoms. The van der Waals surface area contributed by atoms with Crippen molar-refractivity contribution in [2.45, 2.75) is 11.3 Å². The predicted octanol–water partition coefficient (Wildman–Crippen LogP) is 4.21. The minimum atomic E-state index is -1.69. The lowest BCUT2D eigenvalue weighted by Gasteiger charge is -2.19. The molecule has 1 nitrogen and oxygen atoms in total. The van der Waals surface area contributed by atoms with Crippen molar-refractivity contribution in [1.29, 1.82) is 0 Å². The molecule has 1 aromatic rings. The molecule has 5 heteroatoms. The zero-order valence-electron chi connectivity index (χ0n) is 7.15. The molecule has 76 valence electrons. The van der Waals surface area contributed by atoms with Gasteiger partial charge in [0, 0.05) is 15.6 Å². The first kappa shape index (κ1) is 12.1. The van der Waals surface area contributed by atoms with Gasteiger partial charge in [-0.15, -0.1) is 0 Å². The molecule has 1 rings (SSSR count). The molecular formula is C9H6Cl4O. The number of alkyl halides is 2. The van der Waals surface area contributed by atoms with Gasteiger partial charge in [-0.1, -0.05) is 52.5 Å². The van der Waals surface area contributed by atoms with Crippen molar-refractivity contribution in [2.24, 2.45) is 0 Å². The second kappa shape index (κ2) is 4.28. The highest BCUT2D eigenvalue weighted by Crippen LogP contribution is 2.42. The van der Waals surface area contributed by atoms with E-state index in [1.165, 1.54) is 6.92 Å². The molecule has 1 aromatic carbocycles. The lowest BCUT2D eigenvalue weighted by atomic mass is 10.1. The van der Waals surface area contributed by atoms with Gasteiger partial charge in [0.05, 0.1) is 0 Å². The molecule has 0 radical (unpaired) electrons. The molecule has 0 N–H and O–H groups in total. The minimum Gasteiger partial charge on any atom is -0.296 e. The highest BCUT2D eigenvalue weighted by molar-refractivity contribution is 6.59. The molecule has 0 aliphatic carbocycles. The second-order valence-corrected chi connectivity index (χ2v) is 4.87. The summed E-state index contributed by atoms with van der Waals surface area (Å²) in [7, 11) is 0. The molecule has 0 amide bonds. The van der Waals surface area contributed by atoms with Crippen molar-refractivity contribution in [3.63, 3.8) is 0 Å². The van der Waals surface area contributed by atoms with E-state index >= 15 is 0 Å². The molecular weight excluding hydrogens is 266 g/mol. The number of benzene rings is 1. The van der Waals surface area contributed by atoms with Crippen LogP contribution in [-0.2, 0) is 9.13 Å². The van der Waals surface area contributed by atoms with Crippen LogP contribution >= 0.6 is 46.4 Å². The van der Waals surface area contributed by atoms with Gasteiger partial charge in [-0.2, -0.15) is 0 Å². The van der Waals surface area contributed by atoms with Crippen LogP contribution in [0, 0.1) is 0 Å². The van der Waals surface area contributed by atoms with Gasteiger partial charge >= 0.3 is 0 Å². The van der Waals surface area contributed by atoms with E-state index in [4.69, 9.17) is 46.4 Å². The Labute approximate surface area is 102 Å². The summed E-state index contributed by atoms with van der Waals surface area (Å²) in [5, 5.41) is 0.551. The number of carbonyl (C=O) groups excluding carboxylic acids is 1. The molecule has 0 unspecified atom stereocenters. The van der Waals surface area contributed by atoms with Gasteiger partial charge in [-0.05, 0) is 19.1 Å². The first-order chi connectivity index (χ1) is 6.37. The van der Waals surface area contributed by atoms with Crippen LogP contribution < -0.4 is 0 Å². The zero-order valence-corrected chi connectivity index (χ0v) is 10.2. The maximum atomic E-state index is 11.2. The average molecular weight is 272 g/mol. The largest absolute Gasteiger partial charge is 0.296 e. The van der Waals surface area contributed by atoms with E-state index in [9.17, 15) is 4.79 Å². The van der Waals surface area contributed by atoms with Crippen LogP contribution in [0.3, 0.4) is 0 Å². The Hall–Kier alpha value is 0.0500. The van der Waals surface area contributed by atoms with Crippen molar-refractivity contribution >= 4 is 52.2 Å². The van der Waals surface area contributed by atoms with Crippen molar-refractivity contribution in [1.82, 2.24) is 0 Å². The second-order valence-electron chi connectivity index (χ2n) is 2.73. The third-order valence-corrected chi connectivity index (χ3v) is 3.26. The van der Waals surface area contributed by atoms with Gasteiger partial charge in [0.15, 0.2) is 5.78 Å². The van der Waals surface area contributed by atoms with E-state index in [1.807, 2.05) is 0 Å². The summed E-state index contributed by atoms with van der Waals surface area (Å²) in [6.45, 7) is 1.28. The summed E-state index contributed by atoms with van der Waals surface area (Å²) < 4.78 is -1.69. The summed E-state index contributed by atoms with van der Waals surface area (Å²) in [6, 6.07) is 4.80. The van der Waals surface area contributed by atoms with Crippen LogP contribution in [-0.4, -0.2) is 5.78 Å². The van der Waals surface area contributed by atoms with E-state index in [2.05, 4.69) is 0 Å². The summed E-state index contributed by atoms with van der Waals surface area (Å²) >= 11 is 23.4. The monoisotopic (exact) mass is 270 g/mol. The molecule has 0 saturated heterocycles. The van der Waals surface area contributed by atoms with Crippen LogP contribution in [0.1, 0.15) is 12.5 Å². The molecule has 0 bridgehead atoms. The SMILES string of the molecule is CC(=O)C(Cl)(Cl)c1c(Cl)cccc1Cl. The summed E-state index contributed by atoms with van der Waals surface area (Å²) in [5.74, 6) is -0.421. The Kier molecular flexibility index (Phi) is 3.70. The van der Waals surface area contributed by atoms with Crippen molar-refractivity contribution in [2.75, 3.05) is 0 Å². The lowest BCUT2D eigenvalue weighted by Crippen LogP contribution is -2.21. The molecule has 0 atom stereocenters. The average Bonchev–Trinajstić information content (AvgIpc) is 2.02. The third-order valence-electron chi connectivity index (χ3n) is 1.72. The standard InChI is InChI=1S/C9H6Cl4O/c1-5(14)9(12,13)8-6(10)3-2-4-7(8)11/h2-4H,1H3. The van der Waals surface area contributed by atoms with Crippen LogP contribution in [0.25, 0.3) is 0 Å². The number of hydrogen-bond donors (Lipinski definition) is 0. The number of ketones is 1. The number of hydrogen-bond acceptors (Lipinski definition) is 1. The fraction of sp³-hybridized carbons (Fsp3) is 0.222. The smallest absolute Gasteiger partial charge is 0.203 e. The fourth-order valence-corrected chi connectivity index (χ4v) is 2.26. The summed E-state index contributed by atoms with van der Waals surface area (Å²) in [5.41, 5.74) is 0.235. The van der Waals surface area contributed by atoms with Gasteiger partial charge in [0.2, 0.25) is 4.33 Å². The molecule has 0 fully saturated rings. The predicted molar refractivity (Wildman–Crippen MR) is 60.5 cm³/mol. The van der Waals surface area contributed by atoms with E-state index in [0.717, 1.165) is 0 Å². The molecule has 0 heterocycles. The Bertz CT molecular complexity index is 353. The molecule has 0 aromatic heterocycles. The Morgan fingerprint density at radius 2 is 1.64 bits per heavy atom. The zero-order chi connectivity index (χ0) is 10.9.